The first-order valence-electron chi connectivity index (χ1n) is 5.16. The molecule has 0 aliphatic carbocycles. The number of nitrogens with zero attached hydrogens (tertiary/aromatic N) is 2. The largest absolute Gasteiger partial charge is 0.467 e. The summed E-state index contributed by atoms with van der Waals surface area (Å²) in [5.74, 6) is -0.00391. The van der Waals surface area contributed by atoms with Gasteiger partial charge in [-0.3, -0.25) is 0 Å². The summed E-state index contributed by atoms with van der Waals surface area (Å²) in [4.78, 5) is 19.6. The van der Waals surface area contributed by atoms with Gasteiger partial charge in [-0.05, 0) is 5.41 Å². The van der Waals surface area contributed by atoms with Gasteiger partial charge in [0, 0.05) is 0 Å². The van der Waals surface area contributed by atoms with Gasteiger partial charge in [-0.2, -0.15) is 0 Å². The zero-order valence-electron chi connectivity index (χ0n) is 10.3. The highest BCUT2D eigenvalue weighted by Gasteiger charge is 2.32. The molecule has 0 amide bonds. The van der Waals surface area contributed by atoms with Crippen LogP contribution in [-0.4, -0.2) is 29.1 Å². The van der Waals surface area contributed by atoms with Crippen LogP contribution in [0.25, 0.3) is 0 Å². The number of hydrogen-bond donors (Lipinski definition) is 1. The van der Waals surface area contributed by atoms with E-state index in [2.05, 4.69) is 15.3 Å². The molecule has 0 saturated heterocycles. The third kappa shape index (κ3) is 3.85. The second kappa shape index (κ2) is 5.31. The molecule has 0 bridgehead atoms. The molecule has 0 unspecified atom stereocenters. The fraction of sp³-hybridized carbons (Fsp3) is 0.545. The summed E-state index contributed by atoms with van der Waals surface area (Å²) in [6.45, 7) is 5.78. The molecule has 0 aromatic carbocycles. The molecular formula is C11H16ClN3O2. The third-order valence-electron chi connectivity index (χ3n) is 2.20. The summed E-state index contributed by atoms with van der Waals surface area (Å²) in [7, 11) is 1.35. The lowest BCUT2D eigenvalue weighted by atomic mass is 9.87. The monoisotopic (exact) mass is 257 g/mol. The average molecular weight is 258 g/mol. The molecule has 17 heavy (non-hydrogen) atoms. The van der Waals surface area contributed by atoms with E-state index in [4.69, 9.17) is 16.3 Å². The maximum absolute atomic E-state index is 11.7. The van der Waals surface area contributed by atoms with E-state index in [0.717, 1.165) is 0 Å². The van der Waals surface area contributed by atoms with E-state index in [1.54, 1.807) is 0 Å². The van der Waals surface area contributed by atoms with E-state index in [1.165, 1.54) is 19.5 Å². The normalized spacial score (nSPS) is 13.0. The van der Waals surface area contributed by atoms with Crippen LogP contribution in [0.2, 0.25) is 5.02 Å². The highest BCUT2D eigenvalue weighted by molar-refractivity contribution is 6.30. The second-order valence-electron chi connectivity index (χ2n) is 4.69. The summed E-state index contributed by atoms with van der Waals surface area (Å²) in [5, 5.41) is 3.39. The van der Waals surface area contributed by atoms with Gasteiger partial charge in [-0.1, -0.05) is 32.4 Å². The van der Waals surface area contributed by atoms with E-state index in [9.17, 15) is 4.79 Å². The molecule has 0 aliphatic heterocycles. The van der Waals surface area contributed by atoms with Crippen LogP contribution in [0.3, 0.4) is 0 Å². The molecule has 1 N–H and O–H groups in total. The highest BCUT2D eigenvalue weighted by atomic mass is 35.5. The molecular weight excluding hydrogens is 242 g/mol. The minimum atomic E-state index is -0.520. The van der Waals surface area contributed by atoms with Crippen molar-refractivity contribution in [3.63, 3.8) is 0 Å². The van der Waals surface area contributed by atoms with Gasteiger partial charge in [0.2, 0.25) is 5.95 Å². The SMILES string of the molecule is COC(=O)[C@@H](Nc1ncc(Cl)cn1)C(C)(C)C. The molecule has 1 rings (SSSR count). The van der Waals surface area contributed by atoms with Gasteiger partial charge in [0.1, 0.15) is 6.04 Å². The molecule has 0 aliphatic rings. The Morgan fingerprint density at radius 3 is 2.35 bits per heavy atom. The number of hydrogen-bond acceptors (Lipinski definition) is 5. The molecule has 1 aromatic heterocycles. The molecule has 0 spiro atoms. The number of methoxy groups -OCH3 is 1. The first-order valence-corrected chi connectivity index (χ1v) is 5.54. The maximum Gasteiger partial charge on any atom is 0.328 e. The van der Waals surface area contributed by atoms with Crippen molar-refractivity contribution >= 4 is 23.5 Å². The van der Waals surface area contributed by atoms with Gasteiger partial charge in [-0.25, -0.2) is 14.8 Å². The average Bonchev–Trinajstić information content (AvgIpc) is 2.25. The van der Waals surface area contributed by atoms with Gasteiger partial charge >= 0.3 is 5.97 Å². The van der Waals surface area contributed by atoms with Crippen LogP contribution < -0.4 is 5.32 Å². The Balaban J connectivity index is 2.87. The Morgan fingerprint density at radius 1 is 1.41 bits per heavy atom. The summed E-state index contributed by atoms with van der Waals surface area (Å²) < 4.78 is 4.75. The van der Waals surface area contributed by atoms with Crippen molar-refractivity contribution in [2.24, 2.45) is 5.41 Å². The Kier molecular flexibility index (Phi) is 4.28. The van der Waals surface area contributed by atoms with Gasteiger partial charge in [0.05, 0.1) is 24.5 Å². The van der Waals surface area contributed by atoms with Gasteiger partial charge < -0.3 is 10.1 Å². The molecule has 6 heteroatoms. The number of aromatic nitrogens is 2. The molecule has 1 aromatic rings. The third-order valence-corrected chi connectivity index (χ3v) is 2.39. The van der Waals surface area contributed by atoms with Crippen molar-refractivity contribution in [1.82, 2.24) is 9.97 Å². The molecule has 0 radical (unpaired) electrons. The number of ether oxygens (including phenoxy) is 1. The molecule has 1 heterocycles. The Morgan fingerprint density at radius 2 is 1.94 bits per heavy atom. The van der Waals surface area contributed by atoms with Crippen LogP contribution in [0.15, 0.2) is 12.4 Å². The fourth-order valence-electron chi connectivity index (χ4n) is 1.26. The number of halogens is 1. The van der Waals surface area contributed by atoms with Crippen molar-refractivity contribution in [1.29, 1.82) is 0 Å². The van der Waals surface area contributed by atoms with Crippen LogP contribution in [0.4, 0.5) is 5.95 Å². The van der Waals surface area contributed by atoms with Crippen molar-refractivity contribution in [2.45, 2.75) is 26.8 Å². The zero-order chi connectivity index (χ0) is 13.1. The molecule has 0 fully saturated rings. The quantitative estimate of drug-likeness (QED) is 0.841. The minimum absolute atomic E-state index is 0.309. The number of nitrogens with one attached hydrogen (secondary N) is 1. The number of rotatable bonds is 3. The van der Waals surface area contributed by atoms with Gasteiger partial charge in [0.25, 0.3) is 0 Å². The van der Waals surface area contributed by atoms with E-state index in [-0.39, 0.29) is 11.4 Å². The number of esters is 1. The lowest BCUT2D eigenvalue weighted by Gasteiger charge is -2.28. The van der Waals surface area contributed by atoms with E-state index in [0.29, 0.717) is 11.0 Å². The minimum Gasteiger partial charge on any atom is -0.467 e. The van der Waals surface area contributed by atoms with E-state index < -0.39 is 6.04 Å². The topological polar surface area (TPSA) is 64.1 Å². The first-order chi connectivity index (χ1) is 7.84. The van der Waals surface area contributed by atoms with Crippen LogP contribution in [0.1, 0.15) is 20.8 Å². The number of carbonyl (C=O) groups excluding carboxylic acids is 1. The lowest BCUT2D eigenvalue weighted by molar-refractivity contribution is -0.143. The summed E-state index contributed by atoms with van der Waals surface area (Å²) in [6, 6.07) is -0.520. The smallest absolute Gasteiger partial charge is 0.328 e. The van der Waals surface area contributed by atoms with Crippen LogP contribution in [0, 0.1) is 5.41 Å². The fourth-order valence-corrected chi connectivity index (χ4v) is 1.36. The predicted molar refractivity (Wildman–Crippen MR) is 65.9 cm³/mol. The number of anilines is 1. The predicted octanol–water partition coefficient (Wildman–Crippen LogP) is 2.13. The summed E-state index contributed by atoms with van der Waals surface area (Å²) >= 11 is 5.68. The summed E-state index contributed by atoms with van der Waals surface area (Å²) in [5.41, 5.74) is -0.309. The second-order valence-corrected chi connectivity index (χ2v) is 5.13. The zero-order valence-corrected chi connectivity index (χ0v) is 11.1. The van der Waals surface area contributed by atoms with Crippen molar-refractivity contribution in [3.05, 3.63) is 17.4 Å². The maximum atomic E-state index is 11.7. The first kappa shape index (κ1) is 13.7. The van der Waals surface area contributed by atoms with Crippen molar-refractivity contribution in [3.8, 4) is 0 Å². The highest BCUT2D eigenvalue weighted by Crippen LogP contribution is 2.23. The van der Waals surface area contributed by atoms with Crippen molar-refractivity contribution < 1.29 is 9.53 Å². The molecule has 94 valence electrons. The van der Waals surface area contributed by atoms with Crippen LogP contribution in [0.5, 0.6) is 0 Å². The van der Waals surface area contributed by atoms with E-state index >= 15 is 0 Å². The molecule has 0 saturated carbocycles. The van der Waals surface area contributed by atoms with Gasteiger partial charge in [0.15, 0.2) is 0 Å². The lowest BCUT2D eigenvalue weighted by Crippen LogP contribution is -2.42. The molecule has 5 nitrogen and oxygen atoms in total. The standard InChI is InChI=1S/C11H16ClN3O2/c1-11(2,3)8(9(16)17-4)15-10-13-5-7(12)6-14-10/h5-6,8H,1-4H3,(H,13,14,15)/t8-/m1/s1. The van der Waals surface area contributed by atoms with Gasteiger partial charge in [-0.15, -0.1) is 0 Å². The Hall–Kier alpha value is -1.36. The Bertz CT molecular complexity index is 387. The van der Waals surface area contributed by atoms with Crippen molar-refractivity contribution in [2.75, 3.05) is 12.4 Å². The number of carbonyl (C=O) groups is 1. The Labute approximate surface area is 106 Å². The van der Waals surface area contributed by atoms with Crippen LogP contribution in [-0.2, 0) is 9.53 Å². The van der Waals surface area contributed by atoms with Crippen LogP contribution >= 0.6 is 11.6 Å². The molecule has 1 atom stereocenters. The summed E-state index contributed by atoms with van der Waals surface area (Å²) in [6.07, 6.45) is 2.93. The van der Waals surface area contributed by atoms with E-state index in [1.807, 2.05) is 20.8 Å².